The number of piperidine rings is 3. The first-order valence-corrected chi connectivity index (χ1v) is 9.89. The van der Waals surface area contributed by atoms with Crippen LogP contribution < -0.4 is 5.43 Å². The van der Waals surface area contributed by atoms with Gasteiger partial charge in [0, 0.05) is 31.3 Å². The molecule has 8 heteroatoms. The number of hydrogen-bond acceptors (Lipinski definition) is 4. The number of fused-ring (bicyclic) bond motifs is 2. The summed E-state index contributed by atoms with van der Waals surface area (Å²) < 4.78 is 28.5. The van der Waals surface area contributed by atoms with Crippen LogP contribution in [0.3, 0.4) is 0 Å². The summed E-state index contributed by atoms with van der Waals surface area (Å²) in [5.41, 5.74) is 3.07. The van der Waals surface area contributed by atoms with E-state index in [4.69, 9.17) is 0 Å². The highest BCUT2D eigenvalue weighted by molar-refractivity contribution is 6.39. The Morgan fingerprint density at radius 2 is 1.93 bits per heavy atom. The van der Waals surface area contributed by atoms with Crippen LogP contribution in [0.15, 0.2) is 23.3 Å². The highest BCUT2D eigenvalue weighted by atomic mass is 19.2. The summed E-state index contributed by atoms with van der Waals surface area (Å²) in [6, 6.07) is 4.26. The standard InChI is InChI=1S/C20H22F2N4O2/c21-14-3-1-2-12(17(14)22)13-10-26(20(28)15-4-5-16(27)24-23-15)18-11-6-8-25(9-7-11)19(13)18/h1-3,11,13,18-19H,4-10H2,(H,24,27)/t13-,18+,19+/m1/s1. The number of nitrogens with one attached hydrogen (secondary N) is 1. The van der Waals surface area contributed by atoms with E-state index in [1.54, 1.807) is 6.07 Å². The summed E-state index contributed by atoms with van der Waals surface area (Å²) in [4.78, 5) is 28.7. The second-order valence-corrected chi connectivity index (χ2v) is 8.16. The minimum Gasteiger partial charge on any atom is -0.332 e. The maximum Gasteiger partial charge on any atom is 0.270 e. The predicted octanol–water partition coefficient (Wildman–Crippen LogP) is 1.62. The molecule has 6 rings (SSSR count). The molecule has 1 aromatic carbocycles. The van der Waals surface area contributed by atoms with Crippen molar-refractivity contribution in [3.8, 4) is 0 Å². The Kier molecular flexibility index (Phi) is 4.19. The maximum atomic E-state index is 14.6. The number of benzene rings is 1. The van der Waals surface area contributed by atoms with E-state index in [9.17, 15) is 18.4 Å². The molecule has 3 atom stereocenters. The molecular formula is C20H22F2N4O2. The normalized spacial score (nSPS) is 34.1. The van der Waals surface area contributed by atoms with Gasteiger partial charge in [0.1, 0.15) is 5.71 Å². The van der Waals surface area contributed by atoms with Gasteiger partial charge < -0.3 is 4.90 Å². The Labute approximate surface area is 161 Å². The summed E-state index contributed by atoms with van der Waals surface area (Å²) in [6.07, 6.45) is 2.56. The van der Waals surface area contributed by atoms with E-state index in [0.717, 1.165) is 32.0 Å². The number of halogens is 2. The lowest BCUT2D eigenvalue weighted by molar-refractivity contribution is -0.129. The smallest absolute Gasteiger partial charge is 0.270 e. The molecule has 5 heterocycles. The molecule has 2 amide bonds. The maximum absolute atomic E-state index is 14.6. The van der Waals surface area contributed by atoms with Gasteiger partial charge in [-0.15, -0.1) is 0 Å². The number of nitrogens with zero attached hydrogens (tertiary/aromatic N) is 3. The third kappa shape index (κ3) is 2.65. The lowest BCUT2D eigenvalue weighted by Gasteiger charge is -2.51. The summed E-state index contributed by atoms with van der Waals surface area (Å²) in [7, 11) is 0. The topological polar surface area (TPSA) is 65.0 Å². The first-order chi connectivity index (χ1) is 13.5. The van der Waals surface area contributed by atoms with Crippen molar-refractivity contribution in [1.29, 1.82) is 0 Å². The first kappa shape index (κ1) is 17.7. The number of amides is 2. The molecule has 0 saturated carbocycles. The summed E-state index contributed by atoms with van der Waals surface area (Å²) in [5, 5.41) is 3.96. The van der Waals surface area contributed by atoms with Crippen molar-refractivity contribution < 1.29 is 18.4 Å². The van der Waals surface area contributed by atoms with Gasteiger partial charge in [0.2, 0.25) is 5.91 Å². The number of hydrogen-bond donors (Lipinski definition) is 1. The summed E-state index contributed by atoms with van der Waals surface area (Å²) in [5.74, 6) is -1.97. The third-order valence-corrected chi connectivity index (χ3v) is 6.79. The molecule has 1 aromatic rings. The molecule has 0 unspecified atom stereocenters. The van der Waals surface area contributed by atoms with Gasteiger partial charge >= 0.3 is 0 Å². The molecule has 28 heavy (non-hydrogen) atoms. The Morgan fingerprint density at radius 1 is 1.14 bits per heavy atom. The molecule has 5 aliphatic heterocycles. The van der Waals surface area contributed by atoms with Gasteiger partial charge in [-0.05, 0) is 43.5 Å². The molecule has 148 valence electrons. The van der Waals surface area contributed by atoms with Crippen molar-refractivity contribution in [2.45, 2.75) is 43.7 Å². The quantitative estimate of drug-likeness (QED) is 0.838. The van der Waals surface area contributed by atoms with E-state index >= 15 is 0 Å². The Hall–Kier alpha value is -2.35. The number of carbonyl (C=O) groups is 2. The zero-order chi connectivity index (χ0) is 19.4. The van der Waals surface area contributed by atoms with Gasteiger partial charge in [0.15, 0.2) is 11.6 Å². The Bertz CT molecular complexity index is 866. The monoisotopic (exact) mass is 388 g/mol. The fourth-order valence-corrected chi connectivity index (χ4v) is 5.53. The van der Waals surface area contributed by atoms with Crippen molar-refractivity contribution in [3.63, 3.8) is 0 Å². The molecule has 0 spiro atoms. The van der Waals surface area contributed by atoms with Gasteiger partial charge in [-0.3, -0.25) is 14.5 Å². The van der Waals surface area contributed by atoms with Crippen molar-refractivity contribution in [2.24, 2.45) is 11.0 Å². The lowest BCUT2D eigenvalue weighted by Crippen LogP contribution is -2.61. The number of carbonyl (C=O) groups excluding carboxylic acids is 2. The van der Waals surface area contributed by atoms with Gasteiger partial charge in [-0.25, -0.2) is 14.2 Å². The zero-order valence-corrected chi connectivity index (χ0v) is 15.4. The second-order valence-electron chi connectivity index (χ2n) is 8.16. The van der Waals surface area contributed by atoms with Crippen molar-refractivity contribution in [3.05, 3.63) is 35.4 Å². The van der Waals surface area contributed by atoms with Crippen LogP contribution in [0.5, 0.6) is 0 Å². The molecule has 0 radical (unpaired) electrons. The molecule has 1 N–H and O–H groups in total. The molecule has 5 aliphatic rings. The molecule has 6 nitrogen and oxygen atoms in total. The van der Waals surface area contributed by atoms with Crippen molar-refractivity contribution >= 4 is 17.5 Å². The van der Waals surface area contributed by atoms with E-state index < -0.39 is 11.6 Å². The molecular weight excluding hydrogens is 366 g/mol. The van der Waals surface area contributed by atoms with E-state index in [0.29, 0.717) is 30.2 Å². The number of hydrazone groups is 1. The molecule has 0 aromatic heterocycles. The molecule has 2 bridgehead atoms. The van der Waals surface area contributed by atoms with Crippen LogP contribution in [0.4, 0.5) is 8.78 Å². The minimum atomic E-state index is -0.853. The van der Waals surface area contributed by atoms with Crippen LogP contribution in [-0.2, 0) is 9.59 Å². The fourth-order valence-electron chi connectivity index (χ4n) is 5.53. The van der Waals surface area contributed by atoms with Crippen LogP contribution in [0.1, 0.15) is 37.2 Å². The van der Waals surface area contributed by atoms with Crippen LogP contribution >= 0.6 is 0 Å². The average Bonchev–Trinajstić information content (AvgIpc) is 3.14. The van der Waals surface area contributed by atoms with Crippen molar-refractivity contribution in [2.75, 3.05) is 19.6 Å². The molecule has 0 aliphatic carbocycles. The van der Waals surface area contributed by atoms with E-state index in [2.05, 4.69) is 15.4 Å². The first-order valence-electron chi connectivity index (χ1n) is 9.89. The lowest BCUT2D eigenvalue weighted by atomic mass is 9.75. The highest BCUT2D eigenvalue weighted by Gasteiger charge is 2.55. The van der Waals surface area contributed by atoms with Crippen LogP contribution in [0.25, 0.3) is 0 Å². The van der Waals surface area contributed by atoms with E-state index in [1.807, 2.05) is 4.90 Å². The predicted molar refractivity (Wildman–Crippen MR) is 97.5 cm³/mol. The van der Waals surface area contributed by atoms with Crippen LogP contribution in [0, 0.1) is 17.6 Å². The van der Waals surface area contributed by atoms with Gasteiger partial charge in [0.25, 0.3) is 5.91 Å². The SMILES string of the molecule is O=C1CCC(C(=O)N2C[C@H](c3cccc(F)c3F)[C@H]3[C@@H]2C2CCN3CC2)=NN1. The summed E-state index contributed by atoms with van der Waals surface area (Å²) in [6.45, 7) is 2.20. The van der Waals surface area contributed by atoms with Gasteiger partial charge in [0.05, 0.1) is 6.04 Å². The van der Waals surface area contributed by atoms with E-state index in [-0.39, 0.29) is 36.2 Å². The second kappa shape index (κ2) is 6.62. The average molecular weight is 388 g/mol. The number of rotatable bonds is 2. The Morgan fingerprint density at radius 3 is 2.64 bits per heavy atom. The third-order valence-electron chi connectivity index (χ3n) is 6.79. The number of likely N-dealkylation sites (tertiary alicyclic amines) is 1. The largest absolute Gasteiger partial charge is 0.332 e. The fraction of sp³-hybridized carbons (Fsp3) is 0.550. The molecule has 4 fully saturated rings. The highest BCUT2D eigenvalue weighted by Crippen LogP contribution is 2.47. The van der Waals surface area contributed by atoms with Crippen LogP contribution in [0.2, 0.25) is 0 Å². The van der Waals surface area contributed by atoms with Gasteiger partial charge in [-0.2, -0.15) is 5.10 Å². The van der Waals surface area contributed by atoms with Crippen LogP contribution in [-0.4, -0.2) is 59.0 Å². The van der Waals surface area contributed by atoms with Crippen molar-refractivity contribution in [1.82, 2.24) is 15.2 Å². The minimum absolute atomic E-state index is 0.00784. The molecule has 4 saturated heterocycles. The zero-order valence-electron chi connectivity index (χ0n) is 15.4. The Balaban J connectivity index is 1.51. The summed E-state index contributed by atoms with van der Waals surface area (Å²) >= 11 is 0. The van der Waals surface area contributed by atoms with E-state index in [1.165, 1.54) is 6.07 Å². The van der Waals surface area contributed by atoms with Gasteiger partial charge in [-0.1, -0.05) is 12.1 Å².